The van der Waals surface area contributed by atoms with Gasteiger partial charge >= 0.3 is 0 Å². The first-order chi connectivity index (χ1) is 19.1. The van der Waals surface area contributed by atoms with E-state index in [4.69, 9.17) is 9.47 Å². The van der Waals surface area contributed by atoms with Gasteiger partial charge in [0.05, 0.1) is 14.2 Å². The van der Waals surface area contributed by atoms with Crippen LogP contribution in [0.3, 0.4) is 0 Å². The number of halogens is 2. The predicted octanol–water partition coefficient (Wildman–Crippen LogP) is 9.24. The van der Waals surface area contributed by atoms with Gasteiger partial charge in [0.25, 0.3) is 0 Å². The van der Waals surface area contributed by atoms with Crippen LogP contribution in [0.1, 0.15) is 61.4 Å². The Morgan fingerprint density at radius 1 is 0.700 bits per heavy atom. The maximum Gasteiger partial charge on any atom is 0.123 e. The normalized spacial score (nSPS) is 14.7. The second kappa shape index (κ2) is 10.8. The molecule has 0 saturated heterocycles. The quantitative estimate of drug-likeness (QED) is 0.234. The first-order valence-electron chi connectivity index (χ1n) is 13.4. The summed E-state index contributed by atoms with van der Waals surface area (Å²) >= 11 is 0. The first-order valence-corrected chi connectivity index (χ1v) is 13.4. The van der Waals surface area contributed by atoms with Crippen molar-refractivity contribution in [2.24, 2.45) is 0 Å². The Bertz CT molecular complexity index is 1590. The Labute approximate surface area is 235 Å². The second-order valence-corrected chi connectivity index (χ2v) is 11.0. The number of hydrogen-bond donors (Lipinski definition) is 0. The Hall–Kier alpha value is -4.18. The molecule has 0 aliphatic heterocycles. The lowest BCUT2D eigenvalue weighted by molar-refractivity contribution is 0.414. The minimum Gasteiger partial charge on any atom is -0.497 e. The van der Waals surface area contributed by atoms with E-state index in [1.807, 2.05) is 42.5 Å². The zero-order valence-electron chi connectivity index (χ0n) is 23.8. The van der Waals surface area contributed by atoms with Crippen molar-refractivity contribution >= 4 is 5.57 Å². The van der Waals surface area contributed by atoms with Gasteiger partial charge in [0.15, 0.2) is 0 Å². The van der Waals surface area contributed by atoms with Gasteiger partial charge in [-0.15, -0.1) is 0 Å². The van der Waals surface area contributed by atoms with Crippen molar-refractivity contribution in [2.45, 2.75) is 39.0 Å². The molecule has 0 heterocycles. The van der Waals surface area contributed by atoms with Gasteiger partial charge < -0.3 is 9.47 Å². The monoisotopic (exact) mass is 536 g/mol. The van der Waals surface area contributed by atoms with E-state index in [0.717, 1.165) is 61.6 Å². The largest absolute Gasteiger partial charge is 0.497 e. The number of hydrogen-bond acceptors (Lipinski definition) is 2. The van der Waals surface area contributed by atoms with Crippen LogP contribution in [0.15, 0.2) is 108 Å². The molecule has 4 aromatic carbocycles. The van der Waals surface area contributed by atoms with E-state index in [-0.39, 0.29) is 17.6 Å². The molecule has 5 rings (SSSR count). The standard InChI is InChI=1S/C36H34F2O2/c1-22(2)35(36(3,4)25-11-18-29(40-6)19-12-25)34-32(23-7-13-26(37)14-8-23)30-20-15-27(38)21-31(30)33(34)24-9-16-28(39-5)17-10-24/h7-21,33H,1-6H3/t33-/m0/s1. The molecular formula is C36H34F2O2. The van der Waals surface area contributed by atoms with Crippen LogP contribution < -0.4 is 9.47 Å². The third kappa shape index (κ3) is 4.83. The summed E-state index contributed by atoms with van der Waals surface area (Å²) in [6, 6.07) is 27.8. The van der Waals surface area contributed by atoms with Crippen LogP contribution in [-0.2, 0) is 5.41 Å². The summed E-state index contributed by atoms with van der Waals surface area (Å²) in [5.41, 5.74) is 8.89. The van der Waals surface area contributed by atoms with Crippen molar-refractivity contribution < 1.29 is 18.3 Å². The van der Waals surface area contributed by atoms with Crippen LogP contribution >= 0.6 is 0 Å². The van der Waals surface area contributed by atoms with E-state index in [1.165, 1.54) is 18.2 Å². The highest BCUT2D eigenvalue weighted by atomic mass is 19.1. The van der Waals surface area contributed by atoms with Gasteiger partial charge in [-0.2, -0.15) is 0 Å². The molecule has 0 radical (unpaired) electrons. The number of fused-ring (bicyclic) bond motifs is 1. The van der Waals surface area contributed by atoms with E-state index in [9.17, 15) is 8.78 Å². The summed E-state index contributed by atoms with van der Waals surface area (Å²) in [6.07, 6.45) is 0. The maximum atomic E-state index is 14.9. The Balaban J connectivity index is 1.85. The lowest BCUT2D eigenvalue weighted by Crippen LogP contribution is -2.25. The first kappa shape index (κ1) is 27.4. The molecule has 1 aliphatic carbocycles. The lowest BCUT2D eigenvalue weighted by Gasteiger charge is -2.35. The molecule has 1 aliphatic rings. The van der Waals surface area contributed by atoms with Crippen molar-refractivity contribution in [3.05, 3.63) is 147 Å². The molecule has 204 valence electrons. The fraction of sp³-hybridized carbons (Fsp3) is 0.222. The number of benzene rings is 4. The van der Waals surface area contributed by atoms with Crippen LogP contribution in [0.25, 0.3) is 5.57 Å². The van der Waals surface area contributed by atoms with Crippen LogP contribution in [0.5, 0.6) is 11.5 Å². The SMILES string of the molecule is COc1ccc([C@@H]2C(C(=C(C)C)C(C)(C)c3ccc(OC)cc3)=C(c3ccc(F)cc3)c3ccc(F)cc32)cc1. The molecule has 40 heavy (non-hydrogen) atoms. The summed E-state index contributed by atoms with van der Waals surface area (Å²) < 4.78 is 39.9. The summed E-state index contributed by atoms with van der Waals surface area (Å²) in [6.45, 7) is 8.71. The molecule has 2 nitrogen and oxygen atoms in total. The number of rotatable bonds is 7. The summed E-state index contributed by atoms with van der Waals surface area (Å²) in [5, 5.41) is 0. The Morgan fingerprint density at radius 3 is 1.80 bits per heavy atom. The van der Waals surface area contributed by atoms with E-state index < -0.39 is 5.41 Å². The summed E-state index contributed by atoms with van der Waals surface area (Å²) in [4.78, 5) is 0. The summed E-state index contributed by atoms with van der Waals surface area (Å²) in [7, 11) is 3.31. The zero-order valence-corrected chi connectivity index (χ0v) is 23.8. The fourth-order valence-corrected chi connectivity index (χ4v) is 6.17. The predicted molar refractivity (Wildman–Crippen MR) is 158 cm³/mol. The van der Waals surface area contributed by atoms with Crippen LogP contribution in [0.4, 0.5) is 8.78 Å². The Morgan fingerprint density at radius 2 is 1.25 bits per heavy atom. The lowest BCUT2D eigenvalue weighted by atomic mass is 9.68. The average Bonchev–Trinajstić information content (AvgIpc) is 3.26. The molecule has 4 heteroatoms. The second-order valence-electron chi connectivity index (χ2n) is 11.0. The molecule has 0 amide bonds. The third-order valence-electron chi connectivity index (χ3n) is 7.94. The molecule has 0 N–H and O–H groups in total. The Kier molecular flexibility index (Phi) is 7.37. The maximum absolute atomic E-state index is 14.9. The number of ether oxygens (including phenoxy) is 2. The van der Waals surface area contributed by atoms with E-state index in [1.54, 1.807) is 20.3 Å². The highest BCUT2D eigenvalue weighted by molar-refractivity contribution is 5.93. The molecule has 0 saturated carbocycles. The van der Waals surface area contributed by atoms with Gasteiger partial charge in [-0.05, 0) is 107 Å². The highest BCUT2D eigenvalue weighted by Gasteiger charge is 2.40. The van der Waals surface area contributed by atoms with Crippen molar-refractivity contribution in [1.29, 1.82) is 0 Å². The van der Waals surface area contributed by atoms with Gasteiger partial charge in [-0.3, -0.25) is 0 Å². The molecule has 0 bridgehead atoms. The van der Waals surface area contributed by atoms with Crippen molar-refractivity contribution in [2.75, 3.05) is 14.2 Å². The van der Waals surface area contributed by atoms with E-state index in [2.05, 4.69) is 52.0 Å². The number of methoxy groups -OCH3 is 2. The minimum absolute atomic E-state index is 0.237. The van der Waals surface area contributed by atoms with Gasteiger partial charge in [0.2, 0.25) is 0 Å². The van der Waals surface area contributed by atoms with Crippen molar-refractivity contribution in [1.82, 2.24) is 0 Å². The topological polar surface area (TPSA) is 18.5 Å². The molecular weight excluding hydrogens is 502 g/mol. The third-order valence-corrected chi connectivity index (χ3v) is 7.94. The van der Waals surface area contributed by atoms with Crippen molar-refractivity contribution in [3.8, 4) is 11.5 Å². The van der Waals surface area contributed by atoms with Crippen LogP contribution in [0.2, 0.25) is 0 Å². The molecule has 0 spiro atoms. The van der Waals surface area contributed by atoms with E-state index in [0.29, 0.717) is 0 Å². The number of allylic oxidation sites excluding steroid dienone is 3. The van der Waals surface area contributed by atoms with Gasteiger partial charge in [0.1, 0.15) is 23.1 Å². The van der Waals surface area contributed by atoms with Crippen LogP contribution in [-0.4, -0.2) is 14.2 Å². The minimum atomic E-state index is -0.420. The van der Waals surface area contributed by atoms with Gasteiger partial charge in [0, 0.05) is 11.3 Å². The van der Waals surface area contributed by atoms with Crippen molar-refractivity contribution in [3.63, 3.8) is 0 Å². The molecule has 4 aromatic rings. The van der Waals surface area contributed by atoms with Gasteiger partial charge in [-0.1, -0.05) is 61.9 Å². The summed E-state index contributed by atoms with van der Waals surface area (Å²) in [5.74, 6) is 0.732. The smallest absolute Gasteiger partial charge is 0.123 e. The highest BCUT2D eigenvalue weighted by Crippen LogP contribution is 2.55. The molecule has 0 fully saturated rings. The molecule has 0 aromatic heterocycles. The molecule has 1 atom stereocenters. The van der Waals surface area contributed by atoms with Crippen LogP contribution in [0, 0.1) is 11.6 Å². The average molecular weight is 537 g/mol. The van der Waals surface area contributed by atoms with Gasteiger partial charge in [-0.25, -0.2) is 8.78 Å². The fourth-order valence-electron chi connectivity index (χ4n) is 6.17. The zero-order chi connectivity index (χ0) is 28.6. The van der Waals surface area contributed by atoms with E-state index >= 15 is 0 Å². The molecule has 0 unspecified atom stereocenters.